The summed E-state index contributed by atoms with van der Waals surface area (Å²) in [5.74, 6) is 0.320. The lowest BCUT2D eigenvalue weighted by Gasteiger charge is -2.31. The Kier molecular flexibility index (Phi) is 6.59. The van der Waals surface area contributed by atoms with Crippen molar-refractivity contribution in [2.45, 2.75) is 19.5 Å². The number of nitrogens with zero attached hydrogens (tertiary/aromatic N) is 2. The molecule has 0 saturated carbocycles. The van der Waals surface area contributed by atoms with Crippen LogP contribution < -0.4 is 15.2 Å². The molecule has 2 aromatic rings. The topological polar surface area (TPSA) is 66.8 Å². The van der Waals surface area contributed by atoms with Gasteiger partial charge in [-0.1, -0.05) is 18.2 Å². The summed E-state index contributed by atoms with van der Waals surface area (Å²) in [6.45, 7) is 4.08. The van der Waals surface area contributed by atoms with E-state index < -0.39 is 11.7 Å². The summed E-state index contributed by atoms with van der Waals surface area (Å²) in [5, 5.41) is 2.77. The second kappa shape index (κ2) is 9.15. The lowest BCUT2D eigenvalue weighted by molar-refractivity contribution is -0.367. The molecule has 1 aliphatic rings. The molecule has 0 unspecified atom stereocenters. The molecule has 1 fully saturated rings. The molecule has 0 atom stereocenters. The fourth-order valence-corrected chi connectivity index (χ4v) is 3.35. The quantitative estimate of drug-likeness (QED) is 0.806. The van der Waals surface area contributed by atoms with Crippen LogP contribution in [-0.4, -0.2) is 49.4 Å². The third-order valence-corrected chi connectivity index (χ3v) is 5.11. The second-order valence-electron chi connectivity index (χ2n) is 7.15. The fraction of sp³-hybridized carbons (Fsp3) is 0.381. The van der Waals surface area contributed by atoms with Gasteiger partial charge in [-0.3, -0.25) is 14.5 Å². The summed E-state index contributed by atoms with van der Waals surface area (Å²) in [5.41, 5.74) is 0.733. The third kappa shape index (κ3) is 5.28. The van der Waals surface area contributed by atoms with Gasteiger partial charge in [-0.25, -0.2) is 4.98 Å². The van der Waals surface area contributed by atoms with Crippen molar-refractivity contribution in [3.63, 3.8) is 0 Å². The predicted octanol–water partition coefficient (Wildman–Crippen LogP) is 2.30. The predicted molar refractivity (Wildman–Crippen MR) is 105 cm³/mol. The van der Waals surface area contributed by atoms with Gasteiger partial charge in [-0.05, 0) is 24.6 Å². The molecule has 30 heavy (non-hydrogen) atoms. The average molecular weight is 421 g/mol. The van der Waals surface area contributed by atoms with Gasteiger partial charge in [0, 0.05) is 24.6 Å². The van der Waals surface area contributed by atoms with Crippen LogP contribution >= 0.6 is 0 Å². The summed E-state index contributed by atoms with van der Waals surface area (Å²) in [6, 6.07) is 9.69. The minimum Gasteiger partial charge on any atom is -0.352 e. The van der Waals surface area contributed by atoms with Crippen molar-refractivity contribution in [2.75, 3.05) is 37.6 Å². The smallest absolute Gasteiger partial charge is 0.352 e. The molecule has 1 saturated heterocycles. The van der Waals surface area contributed by atoms with E-state index >= 15 is 0 Å². The number of hydrogen-bond donors (Lipinski definition) is 1. The van der Waals surface area contributed by atoms with E-state index in [0.29, 0.717) is 37.6 Å². The van der Waals surface area contributed by atoms with E-state index in [1.54, 1.807) is 17.0 Å². The number of aromatic nitrogens is 1. The monoisotopic (exact) mass is 421 g/mol. The molecule has 2 amide bonds. The van der Waals surface area contributed by atoms with Crippen LogP contribution in [0.2, 0.25) is 0 Å². The Morgan fingerprint density at radius 2 is 1.77 bits per heavy atom. The van der Waals surface area contributed by atoms with E-state index in [1.807, 2.05) is 24.0 Å². The van der Waals surface area contributed by atoms with Gasteiger partial charge in [-0.2, -0.15) is 13.2 Å². The van der Waals surface area contributed by atoms with Gasteiger partial charge in [-0.15, -0.1) is 0 Å². The van der Waals surface area contributed by atoms with Crippen LogP contribution in [0.15, 0.2) is 42.6 Å². The highest BCUT2D eigenvalue weighted by Crippen LogP contribution is 2.28. The van der Waals surface area contributed by atoms with Crippen LogP contribution in [0, 0.1) is 6.92 Å². The number of anilines is 1. The zero-order valence-corrected chi connectivity index (χ0v) is 16.6. The molecule has 2 heterocycles. The second-order valence-corrected chi connectivity index (χ2v) is 7.15. The zero-order chi connectivity index (χ0) is 21.7. The number of halogens is 3. The van der Waals surface area contributed by atoms with Crippen molar-refractivity contribution in [3.05, 3.63) is 59.3 Å². The maximum atomic E-state index is 12.7. The van der Waals surface area contributed by atoms with Crippen molar-refractivity contribution in [1.82, 2.24) is 10.2 Å². The first kappa shape index (κ1) is 21.6. The number of carbonyl (C=O) groups is 2. The molecule has 0 spiro atoms. The molecular formula is C21H24F3N4O2+. The van der Waals surface area contributed by atoms with E-state index in [9.17, 15) is 22.8 Å². The van der Waals surface area contributed by atoms with Crippen LogP contribution in [0.25, 0.3) is 0 Å². The molecule has 0 bridgehead atoms. The van der Waals surface area contributed by atoms with Crippen LogP contribution in [0.5, 0.6) is 0 Å². The van der Waals surface area contributed by atoms with Gasteiger partial charge in [0.05, 0.1) is 18.7 Å². The van der Waals surface area contributed by atoms with E-state index in [1.165, 1.54) is 6.07 Å². The Morgan fingerprint density at radius 3 is 2.37 bits per heavy atom. The maximum Gasteiger partial charge on any atom is 0.419 e. The fourth-order valence-electron chi connectivity index (χ4n) is 3.35. The normalized spacial score (nSPS) is 14.5. The summed E-state index contributed by atoms with van der Waals surface area (Å²) in [4.78, 5) is 30.9. The molecule has 3 rings (SSSR count). The number of amides is 2. The molecule has 9 heteroatoms. The van der Waals surface area contributed by atoms with E-state index in [0.717, 1.165) is 17.8 Å². The van der Waals surface area contributed by atoms with Gasteiger partial charge in [0.25, 0.3) is 11.7 Å². The van der Waals surface area contributed by atoms with Gasteiger partial charge < -0.3 is 10.2 Å². The minimum atomic E-state index is -4.38. The lowest BCUT2D eigenvalue weighted by Crippen LogP contribution is -2.50. The van der Waals surface area contributed by atoms with E-state index in [4.69, 9.17) is 0 Å². The van der Waals surface area contributed by atoms with Crippen molar-refractivity contribution in [3.8, 4) is 0 Å². The molecule has 1 aliphatic heterocycles. The number of benzene rings is 1. The largest absolute Gasteiger partial charge is 0.419 e. The van der Waals surface area contributed by atoms with Gasteiger partial charge >= 0.3 is 6.18 Å². The van der Waals surface area contributed by atoms with E-state index in [-0.39, 0.29) is 24.8 Å². The highest BCUT2D eigenvalue weighted by atomic mass is 19.4. The highest BCUT2D eigenvalue weighted by Gasteiger charge is 2.33. The molecular weight excluding hydrogens is 397 g/mol. The zero-order valence-electron chi connectivity index (χ0n) is 16.6. The Hall–Kier alpha value is -3.10. The molecule has 1 aromatic carbocycles. The number of alkyl halides is 3. The van der Waals surface area contributed by atoms with Crippen molar-refractivity contribution < 1.29 is 27.7 Å². The van der Waals surface area contributed by atoms with Crippen molar-refractivity contribution in [2.24, 2.45) is 0 Å². The molecule has 0 radical (unpaired) electrons. The van der Waals surface area contributed by atoms with Gasteiger partial charge in [0.15, 0.2) is 0 Å². The maximum absolute atomic E-state index is 12.7. The number of hydrogen-bond acceptors (Lipinski definition) is 3. The number of H-pyrrole nitrogens is 1. The summed E-state index contributed by atoms with van der Waals surface area (Å²) in [7, 11) is 0. The number of pyridine rings is 1. The first-order chi connectivity index (χ1) is 14.3. The molecule has 160 valence electrons. The SMILES string of the molecule is Cc1ccccc1C(=O)NCCC(=O)N1CCN(c2ccc(C(F)(F)F)c[nH+]2)CC1. The third-order valence-electron chi connectivity index (χ3n) is 5.11. The Labute approximate surface area is 172 Å². The first-order valence-electron chi connectivity index (χ1n) is 9.71. The number of rotatable bonds is 5. The summed E-state index contributed by atoms with van der Waals surface area (Å²) < 4.78 is 38.0. The van der Waals surface area contributed by atoms with Crippen molar-refractivity contribution >= 4 is 17.6 Å². The average Bonchev–Trinajstić information content (AvgIpc) is 2.73. The molecule has 6 nitrogen and oxygen atoms in total. The highest BCUT2D eigenvalue weighted by molar-refractivity contribution is 5.95. The number of carbonyl (C=O) groups excluding carboxylic acids is 2. The standard InChI is InChI=1S/C21H23F3N4O2/c1-15-4-2-3-5-17(15)20(30)25-9-8-19(29)28-12-10-27(11-13-28)18-7-6-16(14-26-18)21(22,23)24/h2-7,14H,8-13H2,1H3,(H,25,30)/p+1. The first-order valence-corrected chi connectivity index (χ1v) is 9.71. The molecule has 1 aromatic heterocycles. The van der Waals surface area contributed by atoms with Crippen LogP contribution in [0.3, 0.4) is 0 Å². The van der Waals surface area contributed by atoms with Gasteiger partial charge in [0.1, 0.15) is 19.3 Å². The Balaban J connectivity index is 1.44. The number of piperazine rings is 1. The minimum absolute atomic E-state index is 0.0591. The number of aryl methyl sites for hydroxylation is 1. The number of nitrogens with one attached hydrogen (secondary N) is 2. The van der Waals surface area contributed by atoms with Crippen LogP contribution in [0.1, 0.15) is 27.9 Å². The summed E-state index contributed by atoms with van der Waals surface area (Å²) in [6.07, 6.45) is -3.23. The molecule has 2 N–H and O–H groups in total. The summed E-state index contributed by atoms with van der Waals surface area (Å²) >= 11 is 0. The van der Waals surface area contributed by atoms with E-state index in [2.05, 4.69) is 10.3 Å². The van der Waals surface area contributed by atoms with Crippen LogP contribution in [-0.2, 0) is 11.0 Å². The number of aromatic amines is 1. The Bertz CT molecular complexity index is 892. The Morgan fingerprint density at radius 1 is 1.07 bits per heavy atom. The van der Waals surface area contributed by atoms with Crippen LogP contribution in [0.4, 0.5) is 19.0 Å². The lowest BCUT2D eigenvalue weighted by atomic mass is 10.1. The molecule has 0 aliphatic carbocycles. The van der Waals surface area contributed by atoms with Gasteiger partial charge in [0.2, 0.25) is 5.91 Å². The van der Waals surface area contributed by atoms with Crippen molar-refractivity contribution in [1.29, 1.82) is 0 Å².